The number of carbonyl (C=O) groups is 1. The molecule has 1 fully saturated rings. The quantitative estimate of drug-likeness (QED) is 0.736. The molecule has 2 rings (SSSR count). The molecule has 1 aromatic carbocycles. The molecule has 1 aliphatic heterocycles. The minimum atomic E-state index is -0.598. The molecule has 2 N–H and O–H groups in total. The summed E-state index contributed by atoms with van der Waals surface area (Å²) in [4.78, 5) is 14.6. The zero-order valence-corrected chi connectivity index (χ0v) is 13.0. The standard InChI is InChI=1S/C16H24FN3O2/c1-18-7-4-8-19-16(21)15(20-9-11-22-12-10-20)13-5-2-3-6-14(13)17/h2-3,5-6,15,18H,4,7-12H2,1H3,(H,19,21). The normalized spacial score (nSPS) is 17.2. The Morgan fingerprint density at radius 3 is 2.73 bits per heavy atom. The van der Waals surface area contributed by atoms with Crippen LogP contribution in [0.25, 0.3) is 0 Å². The Bertz CT molecular complexity index is 478. The van der Waals surface area contributed by atoms with Crippen LogP contribution in [-0.4, -0.2) is 57.2 Å². The fourth-order valence-corrected chi connectivity index (χ4v) is 2.61. The molecule has 0 aliphatic carbocycles. The number of rotatable bonds is 7. The van der Waals surface area contributed by atoms with E-state index in [1.54, 1.807) is 18.2 Å². The number of nitrogens with zero attached hydrogens (tertiary/aromatic N) is 1. The maximum Gasteiger partial charge on any atom is 0.242 e. The number of ether oxygens (including phenoxy) is 1. The highest BCUT2D eigenvalue weighted by Crippen LogP contribution is 2.24. The average molecular weight is 309 g/mol. The van der Waals surface area contributed by atoms with Gasteiger partial charge in [0.15, 0.2) is 0 Å². The van der Waals surface area contributed by atoms with Crippen molar-refractivity contribution in [2.75, 3.05) is 46.4 Å². The molecule has 1 amide bonds. The minimum absolute atomic E-state index is 0.150. The molecular weight excluding hydrogens is 285 g/mol. The summed E-state index contributed by atoms with van der Waals surface area (Å²) in [6.07, 6.45) is 0.843. The SMILES string of the molecule is CNCCCNC(=O)C(c1ccccc1F)N1CCOCC1. The van der Waals surface area contributed by atoms with Gasteiger partial charge in [-0.05, 0) is 26.1 Å². The molecule has 0 radical (unpaired) electrons. The van der Waals surface area contributed by atoms with E-state index >= 15 is 0 Å². The van der Waals surface area contributed by atoms with Gasteiger partial charge in [0.1, 0.15) is 11.9 Å². The second kappa shape index (κ2) is 8.82. The minimum Gasteiger partial charge on any atom is -0.379 e. The van der Waals surface area contributed by atoms with Crippen LogP contribution in [0.1, 0.15) is 18.0 Å². The Hall–Kier alpha value is -1.50. The molecule has 1 saturated heterocycles. The van der Waals surface area contributed by atoms with Gasteiger partial charge in [-0.3, -0.25) is 9.69 Å². The Labute approximate surface area is 130 Å². The van der Waals surface area contributed by atoms with Crippen molar-refractivity contribution < 1.29 is 13.9 Å². The topological polar surface area (TPSA) is 53.6 Å². The number of halogens is 1. The van der Waals surface area contributed by atoms with Crippen LogP contribution in [0.3, 0.4) is 0 Å². The molecule has 5 nitrogen and oxygen atoms in total. The van der Waals surface area contributed by atoms with Gasteiger partial charge < -0.3 is 15.4 Å². The third-order valence-electron chi connectivity index (χ3n) is 3.76. The molecule has 22 heavy (non-hydrogen) atoms. The van der Waals surface area contributed by atoms with Gasteiger partial charge in [0.25, 0.3) is 0 Å². The molecule has 1 unspecified atom stereocenters. The lowest BCUT2D eigenvalue weighted by Gasteiger charge is -2.34. The van der Waals surface area contributed by atoms with E-state index in [0.717, 1.165) is 13.0 Å². The van der Waals surface area contributed by atoms with Crippen molar-refractivity contribution in [1.82, 2.24) is 15.5 Å². The molecule has 0 spiro atoms. The van der Waals surface area contributed by atoms with E-state index in [-0.39, 0.29) is 11.7 Å². The predicted molar refractivity (Wildman–Crippen MR) is 83.1 cm³/mol. The van der Waals surface area contributed by atoms with Crippen LogP contribution < -0.4 is 10.6 Å². The summed E-state index contributed by atoms with van der Waals surface area (Å²) in [7, 11) is 1.87. The number of hydrogen-bond donors (Lipinski definition) is 2. The molecule has 1 aliphatic rings. The number of nitrogens with one attached hydrogen (secondary N) is 2. The Morgan fingerprint density at radius 2 is 2.05 bits per heavy atom. The first-order valence-electron chi connectivity index (χ1n) is 7.72. The fourth-order valence-electron chi connectivity index (χ4n) is 2.61. The van der Waals surface area contributed by atoms with Gasteiger partial charge in [0.05, 0.1) is 13.2 Å². The van der Waals surface area contributed by atoms with Crippen molar-refractivity contribution in [3.8, 4) is 0 Å². The molecule has 122 valence electrons. The number of hydrogen-bond acceptors (Lipinski definition) is 4. The highest BCUT2D eigenvalue weighted by Gasteiger charge is 2.30. The van der Waals surface area contributed by atoms with Crippen molar-refractivity contribution in [3.05, 3.63) is 35.6 Å². The third-order valence-corrected chi connectivity index (χ3v) is 3.76. The first-order valence-corrected chi connectivity index (χ1v) is 7.72. The summed E-state index contributed by atoms with van der Waals surface area (Å²) in [5.41, 5.74) is 0.426. The van der Waals surface area contributed by atoms with Gasteiger partial charge in [-0.1, -0.05) is 18.2 Å². The highest BCUT2D eigenvalue weighted by atomic mass is 19.1. The van der Waals surface area contributed by atoms with Gasteiger partial charge in [-0.25, -0.2) is 4.39 Å². The molecule has 1 heterocycles. The Kier molecular flexibility index (Phi) is 6.76. The van der Waals surface area contributed by atoms with Crippen molar-refractivity contribution >= 4 is 5.91 Å². The van der Waals surface area contributed by atoms with Crippen LogP contribution in [0.2, 0.25) is 0 Å². The third kappa shape index (κ3) is 4.50. The van der Waals surface area contributed by atoms with Crippen molar-refractivity contribution in [2.24, 2.45) is 0 Å². The van der Waals surface area contributed by atoms with Gasteiger partial charge in [0.2, 0.25) is 5.91 Å². The Morgan fingerprint density at radius 1 is 1.32 bits per heavy atom. The molecule has 0 aromatic heterocycles. The molecule has 6 heteroatoms. The summed E-state index contributed by atoms with van der Waals surface area (Å²) in [5, 5.41) is 5.95. The van der Waals surface area contributed by atoms with E-state index in [9.17, 15) is 9.18 Å². The van der Waals surface area contributed by atoms with E-state index in [1.165, 1.54) is 6.07 Å². The van der Waals surface area contributed by atoms with Crippen LogP contribution in [0, 0.1) is 5.82 Å². The highest BCUT2D eigenvalue weighted by molar-refractivity contribution is 5.83. The summed E-state index contributed by atoms with van der Waals surface area (Å²) >= 11 is 0. The second-order valence-corrected chi connectivity index (χ2v) is 5.32. The van der Waals surface area contributed by atoms with Gasteiger partial charge in [0, 0.05) is 25.2 Å². The lowest BCUT2D eigenvalue weighted by atomic mass is 10.0. The zero-order chi connectivity index (χ0) is 15.8. The fraction of sp³-hybridized carbons (Fsp3) is 0.562. The van der Waals surface area contributed by atoms with Gasteiger partial charge in [-0.2, -0.15) is 0 Å². The number of benzene rings is 1. The first kappa shape index (κ1) is 16.9. The van der Waals surface area contributed by atoms with E-state index in [1.807, 2.05) is 11.9 Å². The molecule has 0 saturated carbocycles. The Balaban J connectivity index is 2.10. The summed E-state index contributed by atoms with van der Waals surface area (Å²) in [6, 6.07) is 5.89. The number of amides is 1. The zero-order valence-electron chi connectivity index (χ0n) is 13.0. The average Bonchev–Trinajstić information content (AvgIpc) is 2.55. The molecule has 0 bridgehead atoms. The van der Waals surface area contributed by atoms with Gasteiger partial charge in [-0.15, -0.1) is 0 Å². The summed E-state index contributed by atoms with van der Waals surface area (Å²) in [6.45, 7) is 3.80. The number of carbonyl (C=O) groups excluding carboxylic acids is 1. The summed E-state index contributed by atoms with van der Waals surface area (Å²) < 4.78 is 19.5. The maximum absolute atomic E-state index is 14.2. The second-order valence-electron chi connectivity index (χ2n) is 5.32. The lowest BCUT2D eigenvalue weighted by Crippen LogP contribution is -2.46. The van der Waals surface area contributed by atoms with E-state index in [2.05, 4.69) is 10.6 Å². The van der Waals surface area contributed by atoms with Crippen LogP contribution in [0.4, 0.5) is 4.39 Å². The van der Waals surface area contributed by atoms with E-state index in [0.29, 0.717) is 38.4 Å². The molecular formula is C16H24FN3O2. The number of morpholine rings is 1. The van der Waals surface area contributed by atoms with Crippen LogP contribution in [0.5, 0.6) is 0 Å². The van der Waals surface area contributed by atoms with Crippen LogP contribution in [0.15, 0.2) is 24.3 Å². The van der Waals surface area contributed by atoms with E-state index < -0.39 is 6.04 Å². The maximum atomic E-state index is 14.2. The largest absolute Gasteiger partial charge is 0.379 e. The van der Waals surface area contributed by atoms with Crippen molar-refractivity contribution in [2.45, 2.75) is 12.5 Å². The molecule has 1 aromatic rings. The van der Waals surface area contributed by atoms with Gasteiger partial charge >= 0.3 is 0 Å². The van der Waals surface area contributed by atoms with Crippen LogP contribution >= 0.6 is 0 Å². The van der Waals surface area contributed by atoms with Crippen molar-refractivity contribution in [3.63, 3.8) is 0 Å². The molecule has 1 atom stereocenters. The lowest BCUT2D eigenvalue weighted by molar-refractivity contribution is -0.128. The van der Waals surface area contributed by atoms with Crippen molar-refractivity contribution in [1.29, 1.82) is 0 Å². The summed E-state index contributed by atoms with van der Waals surface area (Å²) in [5.74, 6) is -0.493. The van der Waals surface area contributed by atoms with Crippen LogP contribution in [-0.2, 0) is 9.53 Å². The smallest absolute Gasteiger partial charge is 0.242 e. The predicted octanol–water partition coefficient (Wildman–Crippen LogP) is 0.925. The first-order chi connectivity index (χ1) is 10.7. The monoisotopic (exact) mass is 309 g/mol. The van der Waals surface area contributed by atoms with E-state index in [4.69, 9.17) is 4.74 Å².